The number of rotatable bonds is 3. The summed E-state index contributed by atoms with van der Waals surface area (Å²) in [6.45, 7) is 5.79. The normalized spacial score (nSPS) is 15.6. The third kappa shape index (κ3) is 2.51. The molecule has 2 aromatic heterocycles. The topological polar surface area (TPSA) is 53.6 Å². The summed E-state index contributed by atoms with van der Waals surface area (Å²) in [5, 5.41) is 24.4. The maximum atomic E-state index is 10.3. The Kier molecular flexibility index (Phi) is 3.61. The third-order valence-corrected chi connectivity index (χ3v) is 3.65. The van der Waals surface area contributed by atoms with Gasteiger partial charge in [-0.3, -0.25) is 0 Å². The molecule has 0 saturated heterocycles. The Labute approximate surface area is 111 Å². The van der Waals surface area contributed by atoms with Gasteiger partial charge in [0.2, 0.25) is 0 Å². The van der Waals surface area contributed by atoms with Crippen LogP contribution in [0.2, 0.25) is 0 Å². The molecule has 2 heterocycles. The minimum Gasteiger partial charge on any atom is -0.466 e. The van der Waals surface area contributed by atoms with Crippen LogP contribution in [0.5, 0.6) is 0 Å². The molecule has 0 saturated carbocycles. The van der Waals surface area contributed by atoms with Gasteiger partial charge < -0.3 is 14.6 Å². The summed E-state index contributed by atoms with van der Waals surface area (Å²) in [5.74, 6) is 0.446. The zero-order valence-electron chi connectivity index (χ0n) is 10.8. The SMILES string of the molecule is CC(C)(C)C(O)c1occc1C(O)c1ccsc1. The summed E-state index contributed by atoms with van der Waals surface area (Å²) >= 11 is 1.53. The third-order valence-electron chi connectivity index (χ3n) is 2.95. The highest BCUT2D eigenvalue weighted by molar-refractivity contribution is 7.07. The number of aliphatic hydroxyl groups excluding tert-OH is 2. The summed E-state index contributed by atoms with van der Waals surface area (Å²) in [7, 11) is 0. The zero-order chi connectivity index (χ0) is 13.3. The molecule has 0 amide bonds. The summed E-state index contributed by atoms with van der Waals surface area (Å²) < 4.78 is 5.37. The molecule has 0 aliphatic rings. The fourth-order valence-electron chi connectivity index (χ4n) is 1.78. The lowest BCUT2D eigenvalue weighted by Crippen LogP contribution is -2.19. The molecular formula is C14H18O3S. The van der Waals surface area contributed by atoms with Crippen molar-refractivity contribution in [2.75, 3.05) is 0 Å². The van der Waals surface area contributed by atoms with Crippen molar-refractivity contribution in [3.8, 4) is 0 Å². The second-order valence-electron chi connectivity index (χ2n) is 5.47. The van der Waals surface area contributed by atoms with Crippen LogP contribution in [0.15, 0.2) is 33.6 Å². The van der Waals surface area contributed by atoms with Gasteiger partial charge in [-0.05, 0) is 33.9 Å². The molecule has 2 atom stereocenters. The maximum Gasteiger partial charge on any atom is 0.138 e. The van der Waals surface area contributed by atoms with Crippen molar-refractivity contribution in [3.63, 3.8) is 0 Å². The van der Waals surface area contributed by atoms with Crippen LogP contribution in [0.4, 0.5) is 0 Å². The minimum absolute atomic E-state index is 0.332. The Morgan fingerprint density at radius 2 is 1.94 bits per heavy atom. The summed E-state index contributed by atoms with van der Waals surface area (Å²) in [6, 6.07) is 3.59. The predicted molar refractivity (Wildman–Crippen MR) is 71.5 cm³/mol. The fourth-order valence-corrected chi connectivity index (χ4v) is 2.46. The smallest absolute Gasteiger partial charge is 0.138 e. The molecule has 98 valence electrons. The highest BCUT2D eigenvalue weighted by atomic mass is 32.1. The van der Waals surface area contributed by atoms with Crippen LogP contribution < -0.4 is 0 Å². The average molecular weight is 266 g/mol. The first-order valence-corrected chi connectivity index (χ1v) is 6.81. The van der Waals surface area contributed by atoms with Gasteiger partial charge in [0.1, 0.15) is 18.0 Å². The second kappa shape index (κ2) is 4.88. The van der Waals surface area contributed by atoms with Crippen molar-refractivity contribution in [1.82, 2.24) is 0 Å². The van der Waals surface area contributed by atoms with Gasteiger partial charge in [0.15, 0.2) is 0 Å². The van der Waals surface area contributed by atoms with Gasteiger partial charge in [-0.2, -0.15) is 11.3 Å². The first-order chi connectivity index (χ1) is 8.41. The number of hydrogen-bond donors (Lipinski definition) is 2. The van der Waals surface area contributed by atoms with E-state index in [2.05, 4.69) is 0 Å². The largest absolute Gasteiger partial charge is 0.466 e. The molecule has 2 rings (SSSR count). The Hall–Kier alpha value is -1.10. The predicted octanol–water partition coefficient (Wildman–Crippen LogP) is 3.50. The molecule has 0 aliphatic carbocycles. The van der Waals surface area contributed by atoms with Gasteiger partial charge in [0.25, 0.3) is 0 Å². The number of hydrogen-bond acceptors (Lipinski definition) is 4. The quantitative estimate of drug-likeness (QED) is 0.894. The van der Waals surface area contributed by atoms with Crippen LogP contribution >= 0.6 is 11.3 Å². The van der Waals surface area contributed by atoms with E-state index >= 15 is 0 Å². The molecule has 2 unspecified atom stereocenters. The summed E-state index contributed by atoms with van der Waals surface area (Å²) in [4.78, 5) is 0. The van der Waals surface area contributed by atoms with E-state index in [9.17, 15) is 10.2 Å². The Balaban J connectivity index is 2.34. The van der Waals surface area contributed by atoms with Crippen molar-refractivity contribution >= 4 is 11.3 Å². The average Bonchev–Trinajstić information content (AvgIpc) is 2.97. The second-order valence-corrected chi connectivity index (χ2v) is 6.25. The van der Waals surface area contributed by atoms with E-state index in [4.69, 9.17) is 4.42 Å². The van der Waals surface area contributed by atoms with Crippen LogP contribution in [-0.2, 0) is 0 Å². The van der Waals surface area contributed by atoms with Crippen molar-refractivity contribution in [2.45, 2.75) is 33.0 Å². The molecular weight excluding hydrogens is 248 g/mol. The maximum absolute atomic E-state index is 10.3. The first kappa shape index (κ1) is 13.3. The molecule has 0 fully saturated rings. The highest BCUT2D eigenvalue weighted by Crippen LogP contribution is 2.38. The molecule has 0 radical (unpaired) electrons. The number of furan rings is 1. The lowest BCUT2D eigenvalue weighted by molar-refractivity contribution is 0.0402. The molecule has 4 heteroatoms. The van der Waals surface area contributed by atoms with Gasteiger partial charge in [-0.15, -0.1) is 0 Å². The van der Waals surface area contributed by atoms with Crippen molar-refractivity contribution in [1.29, 1.82) is 0 Å². The van der Waals surface area contributed by atoms with E-state index in [-0.39, 0.29) is 5.41 Å². The molecule has 2 aromatic rings. The molecule has 0 aromatic carbocycles. The zero-order valence-corrected chi connectivity index (χ0v) is 11.6. The number of thiophene rings is 1. The lowest BCUT2D eigenvalue weighted by atomic mass is 9.85. The standard InChI is InChI=1S/C14H18O3S/c1-14(2,3)13(16)12-10(4-6-17-12)11(15)9-5-7-18-8-9/h4-8,11,13,15-16H,1-3H3. The Bertz CT molecular complexity index is 493. The molecule has 0 aliphatic heterocycles. The number of aliphatic hydroxyl groups is 2. The van der Waals surface area contributed by atoms with Crippen molar-refractivity contribution in [2.24, 2.45) is 5.41 Å². The first-order valence-electron chi connectivity index (χ1n) is 5.87. The fraction of sp³-hybridized carbons (Fsp3) is 0.429. The van der Waals surface area contributed by atoms with Crippen LogP contribution in [0.25, 0.3) is 0 Å². The van der Waals surface area contributed by atoms with Gasteiger partial charge >= 0.3 is 0 Å². The Morgan fingerprint density at radius 3 is 2.50 bits per heavy atom. The van der Waals surface area contributed by atoms with Gasteiger partial charge in [-0.25, -0.2) is 0 Å². The molecule has 3 nitrogen and oxygen atoms in total. The van der Waals surface area contributed by atoms with Crippen molar-refractivity contribution in [3.05, 3.63) is 46.0 Å². The van der Waals surface area contributed by atoms with E-state index in [0.29, 0.717) is 11.3 Å². The molecule has 0 bridgehead atoms. The minimum atomic E-state index is -0.748. The van der Waals surface area contributed by atoms with E-state index in [1.807, 2.05) is 37.6 Å². The van der Waals surface area contributed by atoms with Crippen LogP contribution in [0, 0.1) is 5.41 Å². The van der Waals surface area contributed by atoms with E-state index in [0.717, 1.165) is 5.56 Å². The molecule has 2 N–H and O–H groups in total. The highest BCUT2D eigenvalue weighted by Gasteiger charge is 2.30. The van der Waals surface area contributed by atoms with E-state index < -0.39 is 12.2 Å². The van der Waals surface area contributed by atoms with E-state index in [1.165, 1.54) is 17.6 Å². The van der Waals surface area contributed by atoms with Gasteiger partial charge in [0, 0.05) is 5.56 Å². The monoisotopic (exact) mass is 266 g/mol. The van der Waals surface area contributed by atoms with Crippen molar-refractivity contribution < 1.29 is 14.6 Å². The Morgan fingerprint density at radius 1 is 1.22 bits per heavy atom. The van der Waals surface area contributed by atoms with Crippen LogP contribution in [0.3, 0.4) is 0 Å². The summed E-state index contributed by atoms with van der Waals surface area (Å²) in [5.41, 5.74) is 1.13. The lowest BCUT2D eigenvalue weighted by Gasteiger charge is -2.25. The van der Waals surface area contributed by atoms with Gasteiger partial charge in [0.05, 0.1) is 6.26 Å². The van der Waals surface area contributed by atoms with Crippen LogP contribution in [-0.4, -0.2) is 10.2 Å². The van der Waals surface area contributed by atoms with Gasteiger partial charge in [-0.1, -0.05) is 20.8 Å². The van der Waals surface area contributed by atoms with E-state index in [1.54, 1.807) is 6.07 Å². The van der Waals surface area contributed by atoms with Crippen LogP contribution in [0.1, 0.15) is 49.9 Å². The molecule has 0 spiro atoms. The summed E-state index contributed by atoms with van der Waals surface area (Å²) in [6.07, 6.45) is 0.0210. The molecule has 18 heavy (non-hydrogen) atoms.